The Morgan fingerprint density at radius 1 is 1.06 bits per heavy atom. The Kier molecular flexibility index (Phi) is 6.21. The lowest BCUT2D eigenvalue weighted by atomic mass is 10.1. The largest absolute Gasteiger partial charge is 0.497 e. The van der Waals surface area contributed by atoms with Crippen molar-refractivity contribution in [2.75, 3.05) is 25.1 Å². The molecule has 1 atom stereocenters. The first-order chi connectivity index (χ1) is 15.2. The molecule has 0 bridgehead atoms. The number of rotatable bonds is 7. The number of hydrogen-bond donors (Lipinski definition) is 2. The predicted molar refractivity (Wildman–Crippen MR) is 117 cm³/mol. The lowest BCUT2D eigenvalue weighted by Crippen LogP contribution is -2.43. The van der Waals surface area contributed by atoms with Crippen LogP contribution in [0.1, 0.15) is 22.9 Å². The molecular weight excluding hydrogens is 394 g/mol. The molecule has 1 aliphatic heterocycles. The molecule has 4 rings (SSSR count). The minimum atomic E-state index is -0.678. The van der Waals surface area contributed by atoms with E-state index in [0.29, 0.717) is 5.75 Å². The van der Waals surface area contributed by atoms with Gasteiger partial charge in [-0.05, 0) is 47.9 Å². The molecule has 1 aliphatic rings. The summed E-state index contributed by atoms with van der Waals surface area (Å²) in [4.78, 5) is 26.9. The summed E-state index contributed by atoms with van der Waals surface area (Å²) in [7, 11) is 1.58. The summed E-state index contributed by atoms with van der Waals surface area (Å²) >= 11 is 0. The number of fused-ring (bicyclic) bond motifs is 1. The summed E-state index contributed by atoms with van der Waals surface area (Å²) in [5.41, 5.74) is 3.24. The second-order valence-electron chi connectivity index (χ2n) is 7.35. The van der Waals surface area contributed by atoms with Gasteiger partial charge >= 0.3 is 11.8 Å². The van der Waals surface area contributed by atoms with E-state index in [1.165, 1.54) is 5.56 Å². The maximum absolute atomic E-state index is 12.4. The van der Waals surface area contributed by atoms with E-state index < -0.39 is 11.8 Å². The molecule has 0 radical (unpaired) electrons. The summed E-state index contributed by atoms with van der Waals surface area (Å²) in [6.07, 6.45) is 2.55. The monoisotopic (exact) mass is 419 g/mol. The molecule has 7 heteroatoms. The molecule has 0 saturated heterocycles. The SMILES string of the molecule is COc1cccc(CNC(=O)C(=O)NC[C@H](c2ccco2)N2CCc3ccccc32)c1. The molecule has 2 heterocycles. The van der Waals surface area contributed by atoms with Crippen LogP contribution < -0.4 is 20.3 Å². The number of anilines is 1. The molecule has 0 fully saturated rings. The first-order valence-electron chi connectivity index (χ1n) is 10.2. The molecule has 160 valence electrons. The Bertz CT molecular complexity index is 1050. The zero-order chi connectivity index (χ0) is 21.6. The van der Waals surface area contributed by atoms with Gasteiger partial charge in [0.2, 0.25) is 0 Å². The summed E-state index contributed by atoms with van der Waals surface area (Å²) < 4.78 is 10.8. The van der Waals surface area contributed by atoms with Crippen LogP contribution >= 0.6 is 0 Å². The fraction of sp³-hybridized carbons (Fsp3) is 0.250. The molecule has 2 amide bonds. The molecule has 0 aliphatic carbocycles. The van der Waals surface area contributed by atoms with Crippen LogP contribution in [0.4, 0.5) is 5.69 Å². The predicted octanol–water partition coefficient (Wildman–Crippen LogP) is 2.82. The Morgan fingerprint density at radius 2 is 1.90 bits per heavy atom. The van der Waals surface area contributed by atoms with Gasteiger partial charge in [0.15, 0.2) is 0 Å². The van der Waals surface area contributed by atoms with Crippen molar-refractivity contribution in [2.45, 2.75) is 19.0 Å². The average Bonchev–Trinajstić information content (AvgIpc) is 3.48. The van der Waals surface area contributed by atoms with Crippen molar-refractivity contribution in [3.05, 3.63) is 83.8 Å². The molecule has 1 aromatic heterocycles. The summed E-state index contributed by atoms with van der Waals surface area (Å²) in [6.45, 7) is 1.32. The number of amides is 2. The summed E-state index contributed by atoms with van der Waals surface area (Å²) in [5.74, 6) is 0.0898. The second kappa shape index (κ2) is 9.38. The van der Waals surface area contributed by atoms with Crippen LogP contribution in [0.5, 0.6) is 5.75 Å². The van der Waals surface area contributed by atoms with Crippen LogP contribution in [0.3, 0.4) is 0 Å². The average molecular weight is 419 g/mol. The van der Waals surface area contributed by atoms with Crippen LogP contribution in [-0.4, -0.2) is 32.0 Å². The maximum atomic E-state index is 12.4. The van der Waals surface area contributed by atoms with Crippen molar-refractivity contribution in [3.63, 3.8) is 0 Å². The molecule has 0 spiro atoms. The Balaban J connectivity index is 1.38. The minimum absolute atomic E-state index is 0.200. The third-order valence-electron chi connectivity index (χ3n) is 5.42. The number of carbonyl (C=O) groups is 2. The maximum Gasteiger partial charge on any atom is 0.309 e. The lowest BCUT2D eigenvalue weighted by molar-refractivity contribution is -0.139. The van der Waals surface area contributed by atoms with Gasteiger partial charge in [-0.3, -0.25) is 9.59 Å². The van der Waals surface area contributed by atoms with E-state index in [0.717, 1.165) is 30.0 Å². The highest BCUT2D eigenvalue weighted by Gasteiger charge is 2.29. The van der Waals surface area contributed by atoms with Crippen molar-refractivity contribution < 1.29 is 18.7 Å². The van der Waals surface area contributed by atoms with Crippen LogP contribution in [0.2, 0.25) is 0 Å². The van der Waals surface area contributed by atoms with Gasteiger partial charge < -0.3 is 24.7 Å². The molecule has 3 aromatic rings. The van der Waals surface area contributed by atoms with E-state index in [4.69, 9.17) is 9.15 Å². The highest BCUT2D eigenvalue weighted by Crippen LogP contribution is 2.34. The third kappa shape index (κ3) is 4.71. The number of hydrogen-bond acceptors (Lipinski definition) is 5. The van der Waals surface area contributed by atoms with Crippen molar-refractivity contribution in [3.8, 4) is 5.75 Å². The first-order valence-corrected chi connectivity index (χ1v) is 10.2. The topological polar surface area (TPSA) is 83.8 Å². The van der Waals surface area contributed by atoms with Crippen molar-refractivity contribution in [1.29, 1.82) is 0 Å². The number of benzene rings is 2. The van der Waals surface area contributed by atoms with E-state index in [1.54, 1.807) is 13.4 Å². The van der Waals surface area contributed by atoms with Gasteiger partial charge in [0.25, 0.3) is 0 Å². The number of nitrogens with one attached hydrogen (secondary N) is 2. The standard InChI is InChI=1S/C24H25N3O4/c1-30-19-8-4-6-17(14-19)15-25-23(28)24(29)26-16-21(22-10-5-13-31-22)27-12-11-18-7-2-3-9-20(18)27/h2-10,13-14,21H,11-12,15-16H2,1H3,(H,25,28)(H,26,29)/t21-/m1/s1. The number of furan rings is 1. The molecule has 2 aromatic carbocycles. The normalized spacial score (nSPS) is 13.4. The van der Waals surface area contributed by atoms with Crippen molar-refractivity contribution in [2.24, 2.45) is 0 Å². The van der Waals surface area contributed by atoms with Crippen molar-refractivity contribution >= 4 is 17.5 Å². The summed E-state index contributed by atoms with van der Waals surface area (Å²) in [5, 5.41) is 5.41. The zero-order valence-corrected chi connectivity index (χ0v) is 17.3. The second-order valence-corrected chi connectivity index (χ2v) is 7.35. The molecule has 31 heavy (non-hydrogen) atoms. The van der Waals surface area contributed by atoms with Gasteiger partial charge in [0, 0.05) is 25.3 Å². The quantitative estimate of drug-likeness (QED) is 0.576. The third-order valence-corrected chi connectivity index (χ3v) is 5.42. The van der Waals surface area contributed by atoms with Crippen LogP contribution in [-0.2, 0) is 22.6 Å². The van der Waals surface area contributed by atoms with Crippen LogP contribution in [0, 0.1) is 0 Å². The zero-order valence-electron chi connectivity index (χ0n) is 17.3. The molecule has 2 N–H and O–H groups in total. The van der Waals surface area contributed by atoms with E-state index in [2.05, 4.69) is 27.7 Å². The van der Waals surface area contributed by atoms with Crippen molar-refractivity contribution in [1.82, 2.24) is 10.6 Å². The number of ether oxygens (including phenoxy) is 1. The number of carbonyl (C=O) groups excluding carboxylic acids is 2. The smallest absolute Gasteiger partial charge is 0.309 e. The van der Waals surface area contributed by atoms with Crippen LogP contribution in [0.25, 0.3) is 0 Å². The highest BCUT2D eigenvalue weighted by atomic mass is 16.5. The fourth-order valence-corrected chi connectivity index (χ4v) is 3.85. The fourth-order valence-electron chi connectivity index (χ4n) is 3.85. The molecule has 0 saturated carbocycles. The van der Waals surface area contributed by atoms with Gasteiger partial charge in [-0.25, -0.2) is 0 Å². The molecule has 0 unspecified atom stereocenters. The van der Waals surface area contributed by atoms with Crippen LogP contribution in [0.15, 0.2) is 71.3 Å². The van der Waals surface area contributed by atoms with Gasteiger partial charge in [0.05, 0.1) is 13.4 Å². The van der Waals surface area contributed by atoms with Gasteiger partial charge in [-0.15, -0.1) is 0 Å². The summed E-state index contributed by atoms with van der Waals surface area (Å²) in [6, 6.07) is 19.1. The van der Waals surface area contributed by atoms with E-state index in [-0.39, 0.29) is 19.1 Å². The molecular formula is C24H25N3O4. The Morgan fingerprint density at radius 3 is 2.71 bits per heavy atom. The lowest BCUT2D eigenvalue weighted by Gasteiger charge is -2.29. The highest BCUT2D eigenvalue weighted by molar-refractivity contribution is 6.35. The van der Waals surface area contributed by atoms with E-state index >= 15 is 0 Å². The molecule has 7 nitrogen and oxygen atoms in total. The number of nitrogens with zero attached hydrogens (tertiary/aromatic N) is 1. The van der Waals surface area contributed by atoms with Gasteiger partial charge in [-0.2, -0.15) is 0 Å². The Hall–Kier alpha value is -3.74. The first kappa shape index (κ1) is 20.5. The Labute approximate surface area is 181 Å². The minimum Gasteiger partial charge on any atom is -0.497 e. The number of methoxy groups -OCH3 is 1. The number of para-hydroxylation sites is 1. The van der Waals surface area contributed by atoms with E-state index in [9.17, 15) is 9.59 Å². The van der Waals surface area contributed by atoms with Gasteiger partial charge in [-0.1, -0.05) is 30.3 Å². The van der Waals surface area contributed by atoms with Gasteiger partial charge in [0.1, 0.15) is 17.6 Å². The van der Waals surface area contributed by atoms with E-state index in [1.807, 2.05) is 48.5 Å².